The Morgan fingerprint density at radius 2 is 1.37 bits per heavy atom. The van der Waals surface area contributed by atoms with E-state index in [0.717, 1.165) is 11.1 Å². The van der Waals surface area contributed by atoms with Crippen LogP contribution < -0.4 is 4.90 Å². The minimum atomic E-state index is -1.34. The van der Waals surface area contributed by atoms with Gasteiger partial charge in [0.15, 0.2) is 11.6 Å². The number of rotatable bonds is 4. The molecule has 3 aromatic carbocycles. The van der Waals surface area contributed by atoms with Crippen LogP contribution in [-0.2, 0) is 0 Å². The van der Waals surface area contributed by atoms with E-state index >= 15 is 0 Å². The fraction of sp³-hybridized carbons (Fsp3) is 0.0645. The van der Waals surface area contributed by atoms with Gasteiger partial charge in [0.2, 0.25) is 6.19 Å². The van der Waals surface area contributed by atoms with Crippen LogP contribution in [0, 0.1) is 51.4 Å². The molecular formula is C31H14N6O4. The van der Waals surface area contributed by atoms with Crippen LogP contribution in [0.5, 0.6) is 0 Å². The molecule has 0 bridgehead atoms. The fourth-order valence-electron chi connectivity index (χ4n) is 5.09. The number of imide groups is 1. The average Bonchev–Trinajstić information content (AvgIpc) is 2.98. The number of hydrogen-bond donors (Lipinski definition) is 0. The number of carbonyl (C=O) groups excluding carboxylic acids is 4. The van der Waals surface area contributed by atoms with Crippen LogP contribution in [0.3, 0.4) is 0 Å². The Kier molecular flexibility index (Phi) is 6.37. The number of aliphatic imine (C=N–C) groups is 1. The molecule has 0 N–H and O–H groups in total. The van der Waals surface area contributed by atoms with E-state index in [2.05, 4.69) is 4.99 Å². The molecule has 0 radical (unpaired) electrons. The van der Waals surface area contributed by atoms with Crippen LogP contribution in [0.25, 0.3) is 10.8 Å². The molecule has 3 aromatic rings. The van der Waals surface area contributed by atoms with Crippen LogP contribution in [0.2, 0.25) is 0 Å². The van der Waals surface area contributed by atoms with Crippen molar-refractivity contribution >= 4 is 46.1 Å². The second kappa shape index (κ2) is 10.0. The SMILES string of the molecule is C/C(C#N)=C\C(=C/C=NC#N)C1C(=O)c2ccc3c4c(ccc(c24)C1=O)C(=O)N(c1ccc(C#N)c(C#N)c1)C3=O. The van der Waals surface area contributed by atoms with E-state index < -0.39 is 29.3 Å². The summed E-state index contributed by atoms with van der Waals surface area (Å²) < 4.78 is 0. The van der Waals surface area contributed by atoms with Crippen LogP contribution >= 0.6 is 0 Å². The molecule has 0 fully saturated rings. The lowest BCUT2D eigenvalue weighted by atomic mass is 9.74. The third-order valence-corrected chi connectivity index (χ3v) is 6.88. The van der Waals surface area contributed by atoms with Gasteiger partial charge in [0.05, 0.1) is 22.9 Å². The van der Waals surface area contributed by atoms with Gasteiger partial charge in [-0.15, -0.1) is 0 Å². The number of Topliss-reactive ketones (excluding diaryl/α,β-unsaturated/α-hetero) is 2. The number of carbonyl (C=O) groups is 4. The van der Waals surface area contributed by atoms with Crippen LogP contribution in [-0.4, -0.2) is 29.6 Å². The number of nitrogens with zero attached hydrogens (tertiary/aromatic N) is 6. The highest BCUT2D eigenvalue weighted by molar-refractivity contribution is 6.40. The first kappa shape index (κ1) is 26.1. The topological polar surface area (TPSA) is 179 Å². The van der Waals surface area contributed by atoms with Crippen molar-refractivity contribution < 1.29 is 19.2 Å². The van der Waals surface area contributed by atoms with E-state index in [1.54, 1.807) is 6.19 Å². The van der Waals surface area contributed by atoms with Crippen LogP contribution in [0.4, 0.5) is 5.69 Å². The lowest BCUT2D eigenvalue weighted by Gasteiger charge is -2.31. The summed E-state index contributed by atoms with van der Waals surface area (Å²) in [7, 11) is 0. The van der Waals surface area contributed by atoms with Crippen LogP contribution in [0.15, 0.2) is 70.8 Å². The molecular weight excluding hydrogens is 520 g/mol. The Morgan fingerprint density at radius 3 is 1.90 bits per heavy atom. The number of anilines is 1. The highest BCUT2D eigenvalue weighted by Gasteiger charge is 2.42. The summed E-state index contributed by atoms with van der Waals surface area (Å²) in [5.41, 5.74) is 0.959. The highest BCUT2D eigenvalue weighted by Crippen LogP contribution is 2.41. The van der Waals surface area contributed by atoms with Gasteiger partial charge in [0.25, 0.3) is 11.8 Å². The summed E-state index contributed by atoms with van der Waals surface area (Å²) in [5, 5.41) is 37.0. The lowest BCUT2D eigenvalue weighted by molar-refractivity contribution is 0.0825. The zero-order valence-corrected chi connectivity index (χ0v) is 21.2. The largest absolute Gasteiger partial charge is 0.293 e. The molecule has 10 nitrogen and oxygen atoms in total. The van der Waals surface area contributed by atoms with Gasteiger partial charge in [-0.3, -0.25) is 19.2 Å². The second-order valence-electron chi connectivity index (χ2n) is 9.12. The van der Waals surface area contributed by atoms with Crippen molar-refractivity contribution in [1.82, 2.24) is 0 Å². The van der Waals surface area contributed by atoms with Crippen molar-refractivity contribution in [2.75, 3.05) is 4.90 Å². The van der Waals surface area contributed by atoms with Gasteiger partial charge in [-0.05, 0) is 67.1 Å². The molecule has 0 saturated carbocycles. The molecule has 0 aromatic heterocycles. The lowest BCUT2D eigenvalue weighted by Crippen LogP contribution is -2.41. The van der Waals surface area contributed by atoms with E-state index in [-0.39, 0.29) is 61.0 Å². The Balaban J connectivity index is 1.69. The first-order valence-electron chi connectivity index (χ1n) is 12.0. The maximum absolute atomic E-state index is 13.7. The molecule has 192 valence electrons. The van der Waals surface area contributed by atoms with Gasteiger partial charge in [-0.25, -0.2) is 4.90 Å². The Morgan fingerprint density at radius 1 is 0.805 bits per heavy atom. The first-order chi connectivity index (χ1) is 19.8. The number of amides is 2. The maximum atomic E-state index is 13.7. The van der Waals surface area contributed by atoms with Crippen molar-refractivity contribution in [1.29, 1.82) is 21.0 Å². The van der Waals surface area contributed by atoms with Gasteiger partial charge < -0.3 is 0 Å². The molecule has 0 atom stereocenters. The number of nitriles is 4. The van der Waals surface area contributed by atoms with Crippen molar-refractivity contribution in [2.24, 2.45) is 10.9 Å². The van der Waals surface area contributed by atoms with E-state index in [9.17, 15) is 35.0 Å². The predicted molar refractivity (Wildman–Crippen MR) is 145 cm³/mol. The summed E-state index contributed by atoms with van der Waals surface area (Å²) in [5.74, 6) is -3.98. The fourth-order valence-corrected chi connectivity index (χ4v) is 5.09. The number of ketones is 2. The molecule has 0 unspecified atom stereocenters. The molecule has 1 heterocycles. The molecule has 0 spiro atoms. The molecule has 2 aliphatic rings. The standard InChI is InChI=1S/C31H14N6O4/c1-16(12-32)10-17(8-9-36-15-35)25-28(38)21-4-6-23-27-24(7-5-22(26(21)27)29(25)39)31(41)37(30(23)40)20-3-2-18(13-33)19(11-20)14-34/h2-11,25H,1H3/b16-10+,17-8+,36-9?. The minimum absolute atomic E-state index is 0.00626. The first-order valence-corrected chi connectivity index (χ1v) is 12.0. The van der Waals surface area contributed by atoms with Crippen molar-refractivity contribution in [3.05, 3.63) is 99.1 Å². The van der Waals surface area contributed by atoms with E-state index in [4.69, 9.17) is 5.26 Å². The predicted octanol–water partition coefficient (Wildman–Crippen LogP) is 4.33. The molecule has 1 aliphatic carbocycles. The van der Waals surface area contributed by atoms with Gasteiger partial charge in [0, 0.05) is 44.8 Å². The van der Waals surface area contributed by atoms with Crippen LogP contribution in [0.1, 0.15) is 59.5 Å². The summed E-state index contributed by atoms with van der Waals surface area (Å²) in [4.78, 5) is 59.1. The maximum Gasteiger partial charge on any atom is 0.265 e. The minimum Gasteiger partial charge on any atom is -0.293 e. The Bertz CT molecular complexity index is 1970. The van der Waals surface area contributed by atoms with E-state index in [0.29, 0.717) is 0 Å². The van der Waals surface area contributed by atoms with E-state index in [1.807, 2.05) is 18.2 Å². The second-order valence-corrected chi connectivity index (χ2v) is 9.12. The Hall–Kier alpha value is -6.49. The van der Waals surface area contributed by atoms with Gasteiger partial charge in [-0.1, -0.05) is 0 Å². The third kappa shape index (κ3) is 3.97. The highest BCUT2D eigenvalue weighted by atomic mass is 16.2. The summed E-state index contributed by atoms with van der Waals surface area (Å²) in [6.45, 7) is 1.50. The molecule has 2 amide bonds. The zero-order valence-electron chi connectivity index (χ0n) is 21.2. The molecule has 1 aliphatic heterocycles. The summed E-state index contributed by atoms with van der Waals surface area (Å²) in [6, 6.07) is 15.4. The molecule has 5 rings (SSSR count). The quantitative estimate of drug-likeness (QED) is 0.118. The molecule has 0 saturated heterocycles. The van der Waals surface area contributed by atoms with Crippen molar-refractivity contribution in [3.63, 3.8) is 0 Å². The van der Waals surface area contributed by atoms with Gasteiger partial charge >= 0.3 is 0 Å². The smallest absolute Gasteiger partial charge is 0.265 e. The molecule has 10 heteroatoms. The normalized spacial score (nSPS) is 15.1. The summed E-state index contributed by atoms with van der Waals surface area (Å²) in [6.07, 6.45) is 5.39. The molecule has 41 heavy (non-hydrogen) atoms. The van der Waals surface area contributed by atoms with Crippen molar-refractivity contribution in [3.8, 4) is 24.4 Å². The average molecular weight is 534 g/mol. The third-order valence-electron chi connectivity index (χ3n) is 6.88. The monoisotopic (exact) mass is 534 g/mol. The summed E-state index contributed by atoms with van der Waals surface area (Å²) >= 11 is 0. The number of hydrogen-bond acceptors (Lipinski definition) is 9. The van der Waals surface area contributed by atoms with Crippen molar-refractivity contribution in [2.45, 2.75) is 6.92 Å². The number of allylic oxidation sites excluding steroid dienone is 4. The van der Waals surface area contributed by atoms with Gasteiger partial charge in [0.1, 0.15) is 18.1 Å². The van der Waals surface area contributed by atoms with E-state index in [1.165, 1.54) is 61.5 Å². The number of benzene rings is 3. The Labute approximate surface area is 232 Å². The zero-order chi connectivity index (χ0) is 29.4. The van der Waals surface area contributed by atoms with Gasteiger partial charge in [-0.2, -0.15) is 26.0 Å².